The Morgan fingerprint density at radius 2 is 1.91 bits per heavy atom. The van der Waals surface area contributed by atoms with Crippen molar-refractivity contribution in [3.05, 3.63) is 0 Å². The molecule has 2 unspecified atom stereocenters. The Morgan fingerprint density at radius 3 is 2.27 bits per heavy atom. The van der Waals surface area contributed by atoms with Gasteiger partial charge in [-0.05, 0) is 25.2 Å². The molecule has 0 bridgehead atoms. The summed E-state index contributed by atoms with van der Waals surface area (Å²) in [5.41, 5.74) is 5.88. The lowest BCUT2D eigenvalue weighted by Gasteiger charge is -2.21. The molecule has 0 saturated heterocycles. The molecule has 0 radical (unpaired) electrons. The largest absolute Gasteiger partial charge is 0.396 e. The van der Waals surface area contributed by atoms with Crippen molar-refractivity contribution in [2.75, 3.05) is 6.61 Å². The Labute approximate surface area is 69.8 Å². The fourth-order valence-electron chi connectivity index (χ4n) is 1.44. The van der Waals surface area contributed by atoms with E-state index in [1.54, 1.807) is 0 Å². The van der Waals surface area contributed by atoms with Crippen LogP contribution in [0.1, 0.15) is 39.5 Å². The minimum atomic E-state index is 0.276. The number of hydrogen-bond acceptors (Lipinski definition) is 2. The molecule has 68 valence electrons. The molecule has 0 fully saturated rings. The molecule has 0 spiro atoms. The SMILES string of the molecule is CCCC(CCO)C(N)CC. The third-order valence-corrected chi connectivity index (χ3v) is 2.24. The predicted molar refractivity (Wildman–Crippen MR) is 48.4 cm³/mol. The van der Waals surface area contributed by atoms with Crippen LogP contribution in [0.25, 0.3) is 0 Å². The summed E-state index contributed by atoms with van der Waals surface area (Å²) >= 11 is 0. The van der Waals surface area contributed by atoms with Crippen molar-refractivity contribution < 1.29 is 5.11 Å². The van der Waals surface area contributed by atoms with Gasteiger partial charge in [-0.25, -0.2) is 0 Å². The Morgan fingerprint density at radius 1 is 1.27 bits per heavy atom. The molecule has 0 amide bonds. The van der Waals surface area contributed by atoms with Gasteiger partial charge >= 0.3 is 0 Å². The van der Waals surface area contributed by atoms with E-state index in [0.717, 1.165) is 19.3 Å². The Hall–Kier alpha value is -0.0800. The Bertz CT molecular complexity index is 79.6. The highest BCUT2D eigenvalue weighted by atomic mass is 16.3. The van der Waals surface area contributed by atoms with Gasteiger partial charge in [-0.15, -0.1) is 0 Å². The third kappa shape index (κ3) is 4.38. The molecule has 0 rings (SSSR count). The van der Waals surface area contributed by atoms with Crippen LogP contribution in [0.2, 0.25) is 0 Å². The zero-order chi connectivity index (χ0) is 8.69. The number of rotatable bonds is 6. The van der Waals surface area contributed by atoms with E-state index in [2.05, 4.69) is 13.8 Å². The van der Waals surface area contributed by atoms with Crippen LogP contribution in [-0.2, 0) is 0 Å². The van der Waals surface area contributed by atoms with Gasteiger partial charge in [0.2, 0.25) is 0 Å². The maximum atomic E-state index is 8.75. The van der Waals surface area contributed by atoms with Gasteiger partial charge in [-0.1, -0.05) is 20.3 Å². The lowest BCUT2D eigenvalue weighted by atomic mass is 9.91. The summed E-state index contributed by atoms with van der Waals surface area (Å²) in [6, 6.07) is 0.280. The second-order valence-corrected chi connectivity index (χ2v) is 3.13. The Kier molecular flexibility index (Phi) is 6.57. The van der Waals surface area contributed by atoms with Gasteiger partial charge in [0.25, 0.3) is 0 Å². The van der Waals surface area contributed by atoms with Crippen molar-refractivity contribution in [3.8, 4) is 0 Å². The van der Waals surface area contributed by atoms with Gasteiger partial charge in [0, 0.05) is 12.6 Å². The normalized spacial score (nSPS) is 16.4. The molecule has 11 heavy (non-hydrogen) atoms. The van der Waals surface area contributed by atoms with Crippen LogP contribution in [-0.4, -0.2) is 17.8 Å². The molecular weight excluding hydrogens is 138 g/mol. The van der Waals surface area contributed by atoms with Gasteiger partial charge < -0.3 is 10.8 Å². The minimum absolute atomic E-state index is 0.276. The van der Waals surface area contributed by atoms with E-state index >= 15 is 0 Å². The average molecular weight is 159 g/mol. The highest BCUT2D eigenvalue weighted by molar-refractivity contribution is 4.70. The van der Waals surface area contributed by atoms with Crippen molar-refractivity contribution in [2.45, 2.75) is 45.6 Å². The van der Waals surface area contributed by atoms with E-state index in [9.17, 15) is 0 Å². The van der Waals surface area contributed by atoms with Crippen molar-refractivity contribution in [2.24, 2.45) is 11.7 Å². The molecule has 0 aromatic carbocycles. The Balaban J connectivity index is 3.66. The molecule has 0 heterocycles. The fraction of sp³-hybridized carbons (Fsp3) is 1.00. The zero-order valence-corrected chi connectivity index (χ0v) is 7.71. The maximum Gasteiger partial charge on any atom is 0.0434 e. The molecule has 2 heteroatoms. The molecule has 0 aliphatic carbocycles. The van der Waals surface area contributed by atoms with E-state index in [-0.39, 0.29) is 12.6 Å². The van der Waals surface area contributed by atoms with Gasteiger partial charge in [0.1, 0.15) is 0 Å². The second kappa shape index (κ2) is 6.62. The number of nitrogens with two attached hydrogens (primary N) is 1. The van der Waals surface area contributed by atoms with Gasteiger partial charge in [0.05, 0.1) is 0 Å². The van der Waals surface area contributed by atoms with Crippen molar-refractivity contribution in [3.63, 3.8) is 0 Å². The molecule has 0 aromatic heterocycles. The van der Waals surface area contributed by atoms with Crippen molar-refractivity contribution in [1.29, 1.82) is 0 Å². The predicted octanol–water partition coefficient (Wildman–Crippen LogP) is 1.52. The fourth-order valence-corrected chi connectivity index (χ4v) is 1.44. The summed E-state index contributed by atoms with van der Waals surface area (Å²) in [5, 5.41) is 8.75. The van der Waals surface area contributed by atoms with Crippen molar-refractivity contribution in [1.82, 2.24) is 0 Å². The topological polar surface area (TPSA) is 46.2 Å². The van der Waals surface area contributed by atoms with Crippen LogP contribution in [0.15, 0.2) is 0 Å². The smallest absolute Gasteiger partial charge is 0.0434 e. The first-order valence-corrected chi connectivity index (χ1v) is 4.62. The quantitative estimate of drug-likeness (QED) is 0.617. The van der Waals surface area contributed by atoms with Gasteiger partial charge in [-0.3, -0.25) is 0 Å². The summed E-state index contributed by atoms with van der Waals surface area (Å²) < 4.78 is 0. The molecular formula is C9H21NO. The van der Waals surface area contributed by atoms with Crippen LogP contribution in [0.5, 0.6) is 0 Å². The van der Waals surface area contributed by atoms with E-state index < -0.39 is 0 Å². The standard InChI is InChI=1S/C9H21NO/c1-3-5-8(6-7-11)9(10)4-2/h8-9,11H,3-7,10H2,1-2H3. The highest BCUT2D eigenvalue weighted by Gasteiger charge is 2.13. The van der Waals surface area contributed by atoms with Crippen LogP contribution in [0, 0.1) is 5.92 Å². The molecule has 2 atom stereocenters. The van der Waals surface area contributed by atoms with E-state index in [4.69, 9.17) is 10.8 Å². The first-order valence-electron chi connectivity index (χ1n) is 4.62. The number of aliphatic hydroxyl groups is 1. The summed E-state index contributed by atoms with van der Waals surface area (Å²) in [4.78, 5) is 0. The monoisotopic (exact) mass is 159 g/mol. The maximum absolute atomic E-state index is 8.75. The van der Waals surface area contributed by atoms with Crippen LogP contribution < -0.4 is 5.73 Å². The van der Waals surface area contributed by atoms with Crippen molar-refractivity contribution >= 4 is 0 Å². The first-order chi connectivity index (χ1) is 5.26. The minimum Gasteiger partial charge on any atom is -0.396 e. The summed E-state index contributed by atoms with van der Waals surface area (Å²) in [7, 11) is 0. The van der Waals surface area contributed by atoms with Crippen LogP contribution >= 0.6 is 0 Å². The molecule has 0 aliphatic rings. The zero-order valence-electron chi connectivity index (χ0n) is 7.71. The average Bonchev–Trinajstić information content (AvgIpc) is 2.03. The number of hydrogen-bond donors (Lipinski definition) is 2. The number of aliphatic hydroxyl groups excluding tert-OH is 1. The molecule has 0 aliphatic heterocycles. The first kappa shape index (κ1) is 10.9. The molecule has 0 aromatic rings. The highest BCUT2D eigenvalue weighted by Crippen LogP contribution is 2.15. The molecule has 2 nitrogen and oxygen atoms in total. The van der Waals surface area contributed by atoms with Crippen LogP contribution in [0.3, 0.4) is 0 Å². The second-order valence-electron chi connectivity index (χ2n) is 3.13. The molecule has 3 N–H and O–H groups in total. The molecule has 0 saturated carbocycles. The van der Waals surface area contributed by atoms with Gasteiger partial charge in [0.15, 0.2) is 0 Å². The summed E-state index contributed by atoms with van der Waals surface area (Å²) in [6.07, 6.45) is 4.20. The third-order valence-electron chi connectivity index (χ3n) is 2.24. The van der Waals surface area contributed by atoms with E-state index in [0.29, 0.717) is 5.92 Å². The van der Waals surface area contributed by atoms with Gasteiger partial charge in [-0.2, -0.15) is 0 Å². The lowest BCUT2D eigenvalue weighted by molar-refractivity contribution is 0.233. The van der Waals surface area contributed by atoms with Crippen LogP contribution in [0.4, 0.5) is 0 Å². The van der Waals surface area contributed by atoms with E-state index in [1.165, 1.54) is 6.42 Å². The van der Waals surface area contributed by atoms with E-state index in [1.807, 2.05) is 0 Å². The summed E-state index contributed by atoms with van der Waals surface area (Å²) in [5.74, 6) is 0.523. The lowest BCUT2D eigenvalue weighted by Crippen LogP contribution is -2.29. The summed E-state index contributed by atoms with van der Waals surface area (Å²) in [6.45, 7) is 4.54.